The molecule has 0 amide bonds. The Kier molecular flexibility index (Phi) is 4.58. The third kappa shape index (κ3) is 3.41. The maximum Gasteiger partial charge on any atom is 0.341 e. The van der Waals surface area contributed by atoms with Crippen LogP contribution in [0.5, 0.6) is 0 Å². The first-order chi connectivity index (χ1) is 12.1. The summed E-state index contributed by atoms with van der Waals surface area (Å²) >= 11 is 1.30. The van der Waals surface area contributed by atoms with Gasteiger partial charge in [-0.2, -0.15) is 20.3 Å². The van der Waals surface area contributed by atoms with E-state index >= 15 is 0 Å². The van der Waals surface area contributed by atoms with E-state index in [0.717, 1.165) is 0 Å². The minimum Gasteiger partial charge on any atom is -0.477 e. The number of rotatable bonds is 5. The summed E-state index contributed by atoms with van der Waals surface area (Å²) in [6.45, 7) is 0. The third-order valence-corrected chi connectivity index (χ3v) is 3.76. The number of thioether (sulfide) groups is 1. The SMILES string of the molecule is CSc1ncc(C(=O)O)c(Nc2ccc(C#N)c(-n3nccn3)c2)n1. The van der Waals surface area contributed by atoms with Crippen LogP contribution in [0.2, 0.25) is 0 Å². The second-order valence-electron chi connectivity index (χ2n) is 4.71. The number of hydrogen-bond acceptors (Lipinski definition) is 8. The first kappa shape index (κ1) is 16.4. The summed E-state index contributed by atoms with van der Waals surface area (Å²) in [7, 11) is 0. The van der Waals surface area contributed by atoms with Crippen LogP contribution in [0, 0.1) is 11.3 Å². The molecule has 10 heteroatoms. The van der Waals surface area contributed by atoms with Gasteiger partial charge in [-0.25, -0.2) is 14.8 Å². The number of carboxylic acids is 1. The molecule has 2 aromatic heterocycles. The number of nitrogens with one attached hydrogen (secondary N) is 1. The van der Waals surface area contributed by atoms with Gasteiger partial charge in [0.2, 0.25) is 0 Å². The molecule has 0 fully saturated rings. The van der Waals surface area contributed by atoms with E-state index in [1.165, 1.54) is 35.1 Å². The zero-order valence-electron chi connectivity index (χ0n) is 12.9. The smallest absolute Gasteiger partial charge is 0.341 e. The Hall–Kier alpha value is -3.45. The van der Waals surface area contributed by atoms with Crippen LogP contribution in [0.1, 0.15) is 15.9 Å². The average Bonchev–Trinajstić information content (AvgIpc) is 3.16. The van der Waals surface area contributed by atoms with Crippen molar-refractivity contribution in [2.45, 2.75) is 5.16 Å². The number of benzene rings is 1. The minimum atomic E-state index is -1.14. The maximum absolute atomic E-state index is 11.4. The molecule has 3 rings (SSSR count). The Morgan fingerprint density at radius 3 is 2.76 bits per heavy atom. The summed E-state index contributed by atoms with van der Waals surface area (Å²) in [6.07, 6.45) is 6.05. The average molecular weight is 353 g/mol. The second-order valence-corrected chi connectivity index (χ2v) is 5.48. The first-order valence-electron chi connectivity index (χ1n) is 6.94. The lowest BCUT2D eigenvalue weighted by molar-refractivity contribution is 0.0697. The molecule has 0 aliphatic rings. The van der Waals surface area contributed by atoms with Gasteiger partial charge in [-0.05, 0) is 24.5 Å². The predicted octanol–water partition coefficient (Wildman–Crippen LogP) is 2.09. The number of aromatic carboxylic acids is 1. The molecule has 2 N–H and O–H groups in total. The van der Waals surface area contributed by atoms with Crippen LogP contribution in [-0.2, 0) is 0 Å². The van der Waals surface area contributed by atoms with Crippen LogP contribution in [-0.4, -0.2) is 42.3 Å². The lowest BCUT2D eigenvalue weighted by atomic mass is 10.1. The molecule has 124 valence electrons. The highest BCUT2D eigenvalue weighted by Gasteiger charge is 2.15. The lowest BCUT2D eigenvalue weighted by Crippen LogP contribution is -2.08. The number of nitriles is 1. The van der Waals surface area contributed by atoms with Crippen LogP contribution >= 0.6 is 11.8 Å². The molecule has 0 radical (unpaired) electrons. The molecule has 0 aliphatic heterocycles. The molecule has 25 heavy (non-hydrogen) atoms. The van der Waals surface area contributed by atoms with Gasteiger partial charge in [0, 0.05) is 11.9 Å². The van der Waals surface area contributed by atoms with Gasteiger partial charge in [-0.1, -0.05) is 11.8 Å². The molecule has 9 nitrogen and oxygen atoms in total. The van der Waals surface area contributed by atoms with Gasteiger partial charge in [-0.3, -0.25) is 0 Å². The quantitative estimate of drug-likeness (QED) is 0.523. The van der Waals surface area contributed by atoms with E-state index in [4.69, 9.17) is 0 Å². The fourth-order valence-electron chi connectivity index (χ4n) is 2.06. The molecule has 0 spiro atoms. The second kappa shape index (κ2) is 6.98. The number of nitrogens with zero attached hydrogens (tertiary/aromatic N) is 6. The van der Waals surface area contributed by atoms with Crippen LogP contribution < -0.4 is 5.32 Å². The van der Waals surface area contributed by atoms with E-state index in [0.29, 0.717) is 22.1 Å². The Morgan fingerprint density at radius 2 is 2.12 bits per heavy atom. The van der Waals surface area contributed by atoms with Crippen molar-refractivity contribution >= 4 is 29.2 Å². The molecule has 0 atom stereocenters. The van der Waals surface area contributed by atoms with Crippen molar-refractivity contribution < 1.29 is 9.90 Å². The fourth-order valence-corrected chi connectivity index (χ4v) is 2.40. The molecular weight excluding hydrogens is 342 g/mol. The van der Waals surface area contributed by atoms with E-state index in [1.807, 2.05) is 0 Å². The summed E-state index contributed by atoms with van der Waals surface area (Å²) < 4.78 is 0. The predicted molar refractivity (Wildman–Crippen MR) is 90.1 cm³/mol. The summed E-state index contributed by atoms with van der Waals surface area (Å²) in [5.74, 6) is -0.978. The molecule has 0 aliphatic carbocycles. The summed E-state index contributed by atoms with van der Waals surface area (Å²) in [5.41, 5.74) is 1.33. The highest BCUT2D eigenvalue weighted by molar-refractivity contribution is 7.98. The highest BCUT2D eigenvalue weighted by Crippen LogP contribution is 2.24. The Morgan fingerprint density at radius 1 is 1.36 bits per heavy atom. The van der Waals surface area contributed by atoms with Gasteiger partial charge in [-0.15, -0.1) is 0 Å². The van der Waals surface area contributed by atoms with Gasteiger partial charge in [0.05, 0.1) is 18.0 Å². The van der Waals surface area contributed by atoms with Gasteiger partial charge in [0.1, 0.15) is 23.1 Å². The Balaban J connectivity index is 2.03. The lowest BCUT2D eigenvalue weighted by Gasteiger charge is -2.11. The van der Waals surface area contributed by atoms with Gasteiger partial charge < -0.3 is 10.4 Å². The summed E-state index contributed by atoms with van der Waals surface area (Å²) in [4.78, 5) is 20.9. The summed E-state index contributed by atoms with van der Waals surface area (Å²) in [5, 5.41) is 30.0. The van der Waals surface area contributed by atoms with Crippen LogP contribution in [0.3, 0.4) is 0 Å². The molecular formula is C15H11N7O2S. The van der Waals surface area contributed by atoms with Crippen molar-refractivity contribution in [1.82, 2.24) is 25.0 Å². The monoisotopic (exact) mass is 353 g/mol. The number of aromatic nitrogens is 5. The van der Waals surface area contributed by atoms with Gasteiger partial charge in [0.25, 0.3) is 0 Å². The molecule has 0 bridgehead atoms. The fraction of sp³-hybridized carbons (Fsp3) is 0.0667. The number of carboxylic acid groups (broad SMARTS) is 1. The first-order valence-corrected chi connectivity index (χ1v) is 8.17. The standard InChI is InChI=1S/C15H11N7O2S/c1-25-15-17-8-11(14(23)24)13(21-15)20-10-3-2-9(7-16)12(6-10)22-18-4-5-19-22/h2-6,8H,1H3,(H,23,24)(H,17,20,21). The largest absolute Gasteiger partial charge is 0.477 e. The number of hydrogen-bond donors (Lipinski definition) is 2. The molecule has 1 aromatic carbocycles. The topological polar surface area (TPSA) is 130 Å². The van der Waals surface area contributed by atoms with Crippen molar-refractivity contribution in [2.24, 2.45) is 0 Å². The van der Waals surface area contributed by atoms with Crippen molar-refractivity contribution in [1.29, 1.82) is 5.26 Å². The van der Waals surface area contributed by atoms with E-state index in [2.05, 4.69) is 31.6 Å². The Labute approximate surface area is 146 Å². The highest BCUT2D eigenvalue weighted by atomic mass is 32.2. The van der Waals surface area contributed by atoms with Gasteiger partial charge in [0.15, 0.2) is 5.16 Å². The van der Waals surface area contributed by atoms with E-state index in [-0.39, 0.29) is 11.4 Å². The minimum absolute atomic E-state index is 0.0547. The Bertz CT molecular complexity index is 967. The number of anilines is 2. The summed E-state index contributed by atoms with van der Waals surface area (Å²) in [6, 6.07) is 6.96. The van der Waals surface area contributed by atoms with Crippen molar-refractivity contribution in [3.8, 4) is 11.8 Å². The normalized spacial score (nSPS) is 10.2. The molecule has 3 aromatic rings. The van der Waals surface area contributed by atoms with Gasteiger partial charge >= 0.3 is 5.97 Å². The zero-order valence-corrected chi connectivity index (χ0v) is 13.7. The van der Waals surface area contributed by atoms with E-state index in [9.17, 15) is 15.2 Å². The van der Waals surface area contributed by atoms with Crippen LogP contribution in [0.15, 0.2) is 41.9 Å². The van der Waals surface area contributed by atoms with E-state index in [1.54, 1.807) is 24.5 Å². The van der Waals surface area contributed by atoms with Crippen LogP contribution in [0.25, 0.3) is 5.69 Å². The van der Waals surface area contributed by atoms with Crippen molar-refractivity contribution in [2.75, 3.05) is 11.6 Å². The molecule has 0 saturated heterocycles. The molecule has 0 saturated carbocycles. The maximum atomic E-state index is 11.4. The van der Waals surface area contributed by atoms with Crippen LogP contribution in [0.4, 0.5) is 11.5 Å². The number of carbonyl (C=O) groups is 1. The zero-order chi connectivity index (χ0) is 17.8. The molecule has 0 unspecified atom stereocenters. The van der Waals surface area contributed by atoms with E-state index < -0.39 is 5.97 Å². The van der Waals surface area contributed by atoms with Crippen molar-refractivity contribution in [3.63, 3.8) is 0 Å². The third-order valence-electron chi connectivity index (χ3n) is 3.19. The molecule has 2 heterocycles. The van der Waals surface area contributed by atoms with Crippen molar-refractivity contribution in [3.05, 3.63) is 47.9 Å².